The van der Waals surface area contributed by atoms with Gasteiger partial charge in [-0.1, -0.05) is 0 Å². The average molecular weight is 285 g/mol. The van der Waals surface area contributed by atoms with Crippen LogP contribution in [0.1, 0.15) is 27.2 Å². The summed E-state index contributed by atoms with van der Waals surface area (Å²) >= 11 is 0. The number of likely N-dealkylation sites (N-methyl/N-ethyl adjacent to an activating group) is 1. The van der Waals surface area contributed by atoms with Crippen molar-refractivity contribution in [2.24, 2.45) is 5.92 Å². The summed E-state index contributed by atoms with van der Waals surface area (Å²) in [5.74, 6) is -0.209. The molecule has 0 aliphatic carbocycles. The van der Waals surface area contributed by atoms with Gasteiger partial charge in [0.05, 0.1) is 5.92 Å². The van der Waals surface area contributed by atoms with E-state index >= 15 is 0 Å². The number of amides is 2. The maximum atomic E-state index is 12.2. The fourth-order valence-electron chi connectivity index (χ4n) is 2.32. The molecule has 0 aromatic rings. The summed E-state index contributed by atoms with van der Waals surface area (Å²) in [5, 5.41) is 2.67. The number of hydrogen-bond donors (Lipinski definition) is 1. The van der Waals surface area contributed by atoms with E-state index in [-0.39, 0.29) is 24.0 Å². The highest BCUT2D eigenvalue weighted by Crippen LogP contribution is 2.22. The summed E-state index contributed by atoms with van der Waals surface area (Å²) in [6, 6.07) is 0.165. The summed E-state index contributed by atoms with van der Waals surface area (Å²) < 4.78 is 5.40. The number of hydrogen-bond acceptors (Lipinski definition) is 4. The van der Waals surface area contributed by atoms with E-state index in [4.69, 9.17) is 4.74 Å². The molecule has 6 nitrogen and oxygen atoms in total. The standard InChI is InChI=1S/C14H27N3O3/c1-14(2,3)20-13(19)17-8-10(12(18)15-4)7-11(9-17)16(5)6/h10-11H,7-9H2,1-6H3,(H,15,18). The normalized spacial score (nSPS) is 23.6. The van der Waals surface area contributed by atoms with Crippen LogP contribution in [0.25, 0.3) is 0 Å². The Morgan fingerprint density at radius 1 is 1.25 bits per heavy atom. The van der Waals surface area contributed by atoms with Gasteiger partial charge in [-0.3, -0.25) is 4.79 Å². The lowest BCUT2D eigenvalue weighted by atomic mass is 9.93. The molecule has 0 aromatic heterocycles. The molecule has 1 heterocycles. The minimum atomic E-state index is -0.523. The van der Waals surface area contributed by atoms with Gasteiger partial charge in [-0.05, 0) is 41.3 Å². The van der Waals surface area contributed by atoms with E-state index in [2.05, 4.69) is 5.32 Å². The molecule has 0 bridgehead atoms. The SMILES string of the molecule is CNC(=O)C1CC(N(C)C)CN(C(=O)OC(C)(C)C)C1. The monoisotopic (exact) mass is 285 g/mol. The number of carbonyl (C=O) groups excluding carboxylic acids is 2. The highest BCUT2D eigenvalue weighted by atomic mass is 16.6. The van der Waals surface area contributed by atoms with E-state index in [1.54, 1.807) is 11.9 Å². The third-order valence-electron chi connectivity index (χ3n) is 3.43. The van der Waals surface area contributed by atoms with E-state index in [0.717, 1.165) is 6.42 Å². The van der Waals surface area contributed by atoms with Gasteiger partial charge in [-0.15, -0.1) is 0 Å². The number of nitrogens with one attached hydrogen (secondary N) is 1. The van der Waals surface area contributed by atoms with Gasteiger partial charge in [0.1, 0.15) is 5.60 Å². The molecule has 1 N–H and O–H groups in total. The minimum absolute atomic E-state index is 0.0230. The van der Waals surface area contributed by atoms with Gasteiger partial charge in [0.2, 0.25) is 5.91 Å². The van der Waals surface area contributed by atoms with Crippen molar-refractivity contribution in [3.05, 3.63) is 0 Å². The van der Waals surface area contributed by atoms with Crippen LogP contribution in [-0.2, 0) is 9.53 Å². The molecule has 0 spiro atoms. The Kier molecular flexibility index (Phi) is 5.39. The van der Waals surface area contributed by atoms with Crippen LogP contribution < -0.4 is 5.32 Å². The molecule has 1 aliphatic heterocycles. The molecular formula is C14H27N3O3. The second-order valence-electron chi connectivity index (χ2n) is 6.55. The van der Waals surface area contributed by atoms with Gasteiger partial charge in [-0.25, -0.2) is 4.79 Å². The Bertz CT molecular complexity index is 363. The van der Waals surface area contributed by atoms with Crippen molar-refractivity contribution in [3.63, 3.8) is 0 Å². The molecule has 0 saturated carbocycles. The molecule has 2 amide bonds. The molecule has 116 valence electrons. The van der Waals surface area contributed by atoms with Crippen molar-refractivity contribution in [2.75, 3.05) is 34.2 Å². The third-order valence-corrected chi connectivity index (χ3v) is 3.43. The number of carbonyl (C=O) groups is 2. The first kappa shape index (κ1) is 16.8. The molecular weight excluding hydrogens is 258 g/mol. The van der Waals surface area contributed by atoms with Crippen molar-refractivity contribution < 1.29 is 14.3 Å². The highest BCUT2D eigenvalue weighted by molar-refractivity contribution is 5.79. The van der Waals surface area contributed by atoms with E-state index in [1.165, 1.54) is 0 Å². The topological polar surface area (TPSA) is 61.9 Å². The van der Waals surface area contributed by atoms with E-state index in [1.807, 2.05) is 39.8 Å². The molecule has 2 unspecified atom stereocenters. The first-order chi connectivity index (χ1) is 9.14. The lowest BCUT2D eigenvalue weighted by Crippen LogP contribution is -2.54. The Labute approximate surface area is 121 Å². The van der Waals surface area contributed by atoms with Crippen LogP contribution in [0.15, 0.2) is 0 Å². The maximum Gasteiger partial charge on any atom is 0.410 e. The smallest absolute Gasteiger partial charge is 0.410 e. The number of ether oxygens (including phenoxy) is 1. The van der Waals surface area contributed by atoms with Crippen LogP contribution >= 0.6 is 0 Å². The molecule has 1 fully saturated rings. The zero-order chi connectivity index (χ0) is 15.5. The summed E-state index contributed by atoms with van der Waals surface area (Å²) in [6.07, 6.45) is 0.407. The lowest BCUT2D eigenvalue weighted by Gasteiger charge is -2.40. The predicted octanol–water partition coefficient (Wildman–Crippen LogP) is 0.920. The molecule has 0 radical (unpaired) electrons. The Hall–Kier alpha value is -1.30. The van der Waals surface area contributed by atoms with Crippen LogP contribution in [0.5, 0.6) is 0 Å². The molecule has 6 heteroatoms. The van der Waals surface area contributed by atoms with Gasteiger partial charge in [0.25, 0.3) is 0 Å². The van der Waals surface area contributed by atoms with Crippen molar-refractivity contribution in [1.29, 1.82) is 0 Å². The summed E-state index contributed by atoms with van der Waals surface area (Å²) in [4.78, 5) is 27.8. The number of piperidine rings is 1. The van der Waals surface area contributed by atoms with E-state index < -0.39 is 5.60 Å². The third kappa shape index (κ3) is 4.67. The fraction of sp³-hybridized carbons (Fsp3) is 0.857. The summed E-state index contributed by atoms with van der Waals surface area (Å²) in [7, 11) is 5.55. The quantitative estimate of drug-likeness (QED) is 0.819. The molecule has 20 heavy (non-hydrogen) atoms. The van der Waals surface area contributed by atoms with Crippen molar-refractivity contribution in [3.8, 4) is 0 Å². The molecule has 2 atom stereocenters. The second-order valence-corrected chi connectivity index (χ2v) is 6.55. The molecule has 1 aliphatic rings. The van der Waals surface area contributed by atoms with E-state index in [0.29, 0.717) is 13.1 Å². The highest BCUT2D eigenvalue weighted by Gasteiger charge is 2.36. The molecule has 1 rings (SSSR count). The van der Waals surface area contributed by atoms with Crippen LogP contribution in [0.2, 0.25) is 0 Å². The molecule has 0 aromatic carbocycles. The number of nitrogens with zero attached hydrogens (tertiary/aromatic N) is 2. The average Bonchev–Trinajstić information content (AvgIpc) is 2.35. The van der Waals surface area contributed by atoms with Gasteiger partial charge in [0, 0.05) is 26.2 Å². The van der Waals surface area contributed by atoms with Gasteiger partial charge in [-0.2, -0.15) is 0 Å². The van der Waals surface area contributed by atoms with Gasteiger partial charge in [0.15, 0.2) is 0 Å². The van der Waals surface area contributed by atoms with E-state index in [9.17, 15) is 9.59 Å². The van der Waals surface area contributed by atoms with Crippen LogP contribution in [0.3, 0.4) is 0 Å². The first-order valence-electron chi connectivity index (χ1n) is 7.00. The first-order valence-corrected chi connectivity index (χ1v) is 7.00. The van der Waals surface area contributed by atoms with Crippen molar-refractivity contribution >= 4 is 12.0 Å². The Morgan fingerprint density at radius 2 is 1.85 bits per heavy atom. The molecule has 1 saturated heterocycles. The maximum absolute atomic E-state index is 12.2. The zero-order valence-corrected chi connectivity index (χ0v) is 13.4. The second kappa shape index (κ2) is 6.43. The zero-order valence-electron chi connectivity index (χ0n) is 13.4. The van der Waals surface area contributed by atoms with Crippen molar-refractivity contribution in [1.82, 2.24) is 15.1 Å². The lowest BCUT2D eigenvalue weighted by molar-refractivity contribution is -0.126. The van der Waals surface area contributed by atoms with Crippen LogP contribution in [0, 0.1) is 5.92 Å². The van der Waals surface area contributed by atoms with Gasteiger partial charge < -0.3 is 19.9 Å². The number of rotatable bonds is 2. The Morgan fingerprint density at radius 3 is 2.30 bits per heavy atom. The predicted molar refractivity (Wildman–Crippen MR) is 77.5 cm³/mol. The summed E-state index contributed by atoms with van der Waals surface area (Å²) in [6.45, 7) is 6.53. The fourth-order valence-corrected chi connectivity index (χ4v) is 2.32. The van der Waals surface area contributed by atoms with Crippen molar-refractivity contribution in [2.45, 2.75) is 38.8 Å². The largest absolute Gasteiger partial charge is 0.444 e. The summed E-state index contributed by atoms with van der Waals surface area (Å²) in [5.41, 5.74) is -0.523. The van der Waals surface area contributed by atoms with Gasteiger partial charge >= 0.3 is 6.09 Å². The minimum Gasteiger partial charge on any atom is -0.444 e. The van der Waals surface area contributed by atoms with Crippen LogP contribution in [0.4, 0.5) is 4.79 Å². The van der Waals surface area contributed by atoms with Crippen LogP contribution in [-0.4, -0.2) is 67.7 Å². The Balaban J connectivity index is 2.79. The number of likely N-dealkylation sites (tertiary alicyclic amines) is 1.